The first-order chi connectivity index (χ1) is 21.1. The number of anilines is 1. The van der Waals surface area contributed by atoms with Gasteiger partial charge in [-0.05, 0) is 47.9 Å². The summed E-state index contributed by atoms with van der Waals surface area (Å²) in [6.07, 6.45) is -0.896. The molecular formula is C32H49ClN4O6Si2. The second-order valence-corrected chi connectivity index (χ2v) is 25.5. The topological polar surface area (TPSA) is 98.1 Å². The first-order valence-electron chi connectivity index (χ1n) is 15.7. The first kappa shape index (κ1) is 34.1. The SMILES string of the molecule is COc1ccc(CNc2nc3c(cc2Cl)nc(O[C@@H]2CO[C@H]4[C@@H]2OC[C@H]4O[Si](C)(C)C(C)(C)C)n3COCC[Si](C)(C)C)cc1. The van der Waals surface area contributed by atoms with E-state index in [1.165, 1.54) is 0 Å². The molecule has 5 rings (SSSR count). The quantitative estimate of drug-likeness (QED) is 0.152. The van der Waals surface area contributed by atoms with Crippen molar-refractivity contribution in [3.8, 4) is 11.8 Å². The number of benzene rings is 1. The summed E-state index contributed by atoms with van der Waals surface area (Å²) in [6, 6.07) is 11.1. The fourth-order valence-corrected chi connectivity index (χ4v) is 7.40. The Bertz CT molecular complexity index is 1460. The van der Waals surface area contributed by atoms with E-state index in [0.29, 0.717) is 54.4 Å². The highest BCUT2D eigenvalue weighted by molar-refractivity contribution is 6.76. The van der Waals surface area contributed by atoms with Crippen LogP contribution in [0.5, 0.6) is 11.8 Å². The van der Waals surface area contributed by atoms with Crippen LogP contribution in [-0.2, 0) is 31.9 Å². The number of hydrogen-bond donors (Lipinski definition) is 1. The Kier molecular flexibility index (Phi) is 10.2. The molecule has 2 aromatic heterocycles. The molecule has 0 radical (unpaired) electrons. The van der Waals surface area contributed by atoms with E-state index >= 15 is 0 Å². The maximum atomic E-state index is 6.69. The van der Waals surface area contributed by atoms with Gasteiger partial charge in [0.25, 0.3) is 0 Å². The second-order valence-electron chi connectivity index (χ2n) is 14.7. The largest absolute Gasteiger partial charge is 0.497 e. The molecule has 2 aliphatic rings. The third-order valence-electron chi connectivity index (χ3n) is 8.95. The molecule has 3 aromatic rings. The van der Waals surface area contributed by atoms with Gasteiger partial charge in [-0.3, -0.25) is 4.57 Å². The lowest BCUT2D eigenvalue weighted by Crippen LogP contribution is -2.47. The Balaban J connectivity index is 1.35. The normalized spacial score (nSPS) is 22.2. The van der Waals surface area contributed by atoms with Gasteiger partial charge >= 0.3 is 6.01 Å². The molecule has 248 valence electrons. The number of aromatic nitrogens is 3. The summed E-state index contributed by atoms with van der Waals surface area (Å²) < 4.78 is 39.0. The summed E-state index contributed by atoms with van der Waals surface area (Å²) in [6.45, 7) is 20.6. The Labute approximate surface area is 274 Å². The summed E-state index contributed by atoms with van der Waals surface area (Å²) in [5, 5.41) is 3.93. The molecule has 0 unspecified atom stereocenters. The fourth-order valence-electron chi connectivity index (χ4n) is 5.12. The number of hydrogen-bond acceptors (Lipinski definition) is 9. The van der Waals surface area contributed by atoms with Crippen molar-refractivity contribution < 1.29 is 28.1 Å². The van der Waals surface area contributed by atoms with Gasteiger partial charge in [0.2, 0.25) is 0 Å². The van der Waals surface area contributed by atoms with Crippen LogP contribution in [0, 0.1) is 0 Å². The molecule has 0 aliphatic carbocycles. The van der Waals surface area contributed by atoms with Gasteiger partial charge in [0.05, 0.1) is 31.5 Å². The van der Waals surface area contributed by atoms with Gasteiger partial charge in [-0.25, -0.2) is 4.98 Å². The molecular weight excluding hydrogens is 628 g/mol. The summed E-state index contributed by atoms with van der Waals surface area (Å²) in [4.78, 5) is 9.70. The Morgan fingerprint density at radius 1 is 1.00 bits per heavy atom. The van der Waals surface area contributed by atoms with Crippen molar-refractivity contribution in [1.82, 2.24) is 14.5 Å². The van der Waals surface area contributed by atoms with Gasteiger partial charge in [-0.2, -0.15) is 4.98 Å². The lowest BCUT2D eigenvalue weighted by atomic mass is 10.1. The predicted octanol–water partition coefficient (Wildman–Crippen LogP) is 6.95. The Morgan fingerprint density at radius 2 is 1.67 bits per heavy atom. The van der Waals surface area contributed by atoms with Gasteiger partial charge in [0.15, 0.2) is 20.1 Å². The standard InChI is InChI=1S/C32H49ClN4O6Si2/c1-32(2,3)45(8,9)43-26-19-41-27-25(18-40-28(26)27)42-31-35-24-16-23(33)29(34-17-21-10-12-22(38-4)13-11-21)36-30(24)37(31)20-39-14-15-44(5,6)7/h10-13,16,25-28H,14-15,17-20H2,1-9H3,(H,34,36)/t25-,26-,27-,28-/m1/s1. The fraction of sp³-hybridized carbons (Fsp3) is 0.625. The van der Waals surface area contributed by atoms with Crippen molar-refractivity contribution in [2.75, 3.05) is 32.2 Å². The van der Waals surface area contributed by atoms with Crippen molar-refractivity contribution in [1.29, 1.82) is 0 Å². The van der Waals surface area contributed by atoms with E-state index in [2.05, 4.69) is 58.8 Å². The van der Waals surface area contributed by atoms with Crippen LogP contribution in [-0.4, -0.2) is 82.3 Å². The summed E-state index contributed by atoms with van der Waals surface area (Å²) in [7, 11) is -1.61. The first-order valence-corrected chi connectivity index (χ1v) is 22.7. The predicted molar refractivity (Wildman–Crippen MR) is 183 cm³/mol. The van der Waals surface area contributed by atoms with Crippen molar-refractivity contribution in [2.24, 2.45) is 0 Å². The number of imidazole rings is 1. The van der Waals surface area contributed by atoms with Crippen molar-refractivity contribution in [2.45, 2.75) is 102 Å². The molecule has 0 saturated carbocycles. The van der Waals surface area contributed by atoms with Gasteiger partial charge in [-0.15, -0.1) is 0 Å². The Hall–Kier alpha value is -2.20. The highest BCUT2D eigenvalue weighted by Gasteiger charge is 2.52. The second kappa shape index (κ2) is 13.5. The zero-order valence-electron chi connectivity index (χ0n) is 28.1. The minimum absolute atomic E-state index is 0.0938. The number of nitrogens with zero attached hydrogens (tertiary/aromatic N) is 3. The van der Waals surface area contributed by atoms with Crippen LogP contribution in [0.15, 0.2) is 30.3 Å². The summed E-state index contributed by atoms with van der Waals surface area (Å²) in [5.74, 6) is 1.37. The van der Waals surface area contributed by atoms with Crippen LogP contribution in [0.25, 0.3) is 11.2 Å². The molecule has 13 heteroatoms. The van der Waals surface area contributed by atoms with Gasteiger partial charge in [0.1, 0.15) is 36.0 Å². The Morgan fingerprint density at radius 3 is 2.31 bits per heavy atom. The smallest absolute Gasteiger partial charge is 0.301 e. The number of pyridine rings is 1. The number of fused-ring (bicyclic) bond motifs is 2. The van der Waals surface area contributed by atoms with Gasteiger partial charge in [-0.1, -0.05) is 64.1 Å². The average Bonchev–Trinajstić information content (AvgIpc) is 3.64. The molecule has 4 atom stereocenters. The van der Waals surface area contributed by atoms with Crippen LogP contribution in [0.2, 0.25) is 48.8 Å². The van der Waals surface area contributed by atoms with E-state index in [1.807, 2.05) is 34.9 Å². The van der Waals surface area contributed by atoms with Crippen LogP contribution in [0.3, 0.4) is 0 Å². The van der Waals surface area contributed by atoms with E-state index in [0.717, 1.165) is 17.4 Å². The number of ether oxygens (including phenoxy) is 5. The number of halogens is 1. The summed E-state index contributed by atoms with van der Waals surface area (Å²) in [5.41, 5.74) is 2.33. The third-order valence-corrected chi connectivity index (χ3v) is 15.4. The van der Waals surface area contributed by atoms with Crippen molar-refractivity contribution in [3.63, 3.8) is 0 Å². The number of nitrogens with one attached hydrogen (secondary N) is 1. The monoisotopic (exact) mass is 676 g/mol. The third kappa shape index (κ3) is 8.03. The lowest BCUT2D eigenvalue weighted by Gasteiger charge is -2.39. The minimum atomic E-state index is -2.00. The maximum Gasteiger partial charge on any atom is 0.301 e. The van der Waals surface area contributed by atoms with Gasteiger partial charge < -0.3 is 33.4 Å². The van der Waals surface area contributed by atoms with E-state index in [9.17, 15) is 0 Å². The summed E-state index contributed by atoms with van der Waals surface area (Å²) >= 11 is 6.69. The number of rotatable bonds is 13. The molecule has 45 heavy (non-hydrogen) atoms. The molecule has 2 fully saturated rings. The molecule has 2 saturated heterocycles. The molecule has 10 nitrogen and oxygen atoms in total. The molecule has 1 aromatic carbocycles. The molecule has 0 spiro atoms. The molecule has 0 bridgehead atoms. The highest BCUT2D eigenvalue weighted by atomic mass is 35.5. The highest BCUT2D eigenvalue weighted by Crippen LogP contribution is 2.41. The zero-order chi connectivity index (χ0) is 32.6. The molecule has 1 N–H and O–H groups in total. The molecule has 0 amide bonds. The van der Waals surface area contributed by atoms with Crippen LogP contribution in [0.1, 0.15) is 26.3 Å². The zero-order valence-corrected chi connectivity index (χ0v) is 30.9. The van der Waals surface area contributed by atoms with Gasteiger partial charge in [0, 0.05) is 21.2 Å². The van der Waals surface area contributed by atoms with Crippen LogP contribution in [0.4, 0.5) is 5.82 Å². The minimum Gasteiger partial charge on any atom is -0.497 e. The van der Waals surface area contributed by atoms with E-state index in [1.54, 1.807) is 7.11 Å². The molecule has 2 aliphatic heterocycles. The lowest BCUT2D eigenvalue weighted by molar-refractivity contribution is 0.00687. The molecule has 4 heterocycles. The van der Waals surface area contributed by atoms with E-state index < -0.39 is 16.4 Å². The number of methoxy groups -OCH3 is 1. The van der Waals surface area contributed by atoms with Crippen LogP contribution >= 0.6 is 11.6 Å². The van der Waals surface area contributed by atoms with Crippen LogP contribution < -0.4 is 14.8 Å². The average molecular weight is 677 g/mol. The van der Waals surface area contributed by atoms with Crippen molar-refractivity contribution >= 4 is 45.0 Å². The van der Waals surface area contributed by atoms with E-state index in [-0.39, 0.29) is 36.2 Å². The van der Waals surface area contributed by atoms with Crippen molar-refractivity contribution in [3.05, 3.63) is 40.9 Å². The maximum absolute atomic E-state index is 6.69. The van der Waals surface area contributed by atoms with E-state index in [4.69, 9.17) is 49.7 Å².